The summed E-state index contributed by atoms with van der Waals surface area (Å²) in [7, 11) is 1.59. The Kier molecular flexibility index (Phi) is 6.92. The lowest BCUT2D eigenvalue weighted by atomic mass is 10.00. The van der Waals surface area contributed by atoms with Crippen LogP contribution < -0.4 is 10.2 Å². The van der Waals surface area contributed by atoms with Gasteiger partial charge in [-0.3, -0.25) is 19.6 Å². The zero-order valence-electron chi connectivity index (χ0n) is 18.3. The molecule has 1 heterocycles. The van der Waals surface area contributed by atoms with Crippen LogP contribution in [0.1, 0.15) is 42.9 Å². The van der Waals surface area contributed by atoms with Gasteiger partial charge >= 0.3 is 0 Å². The highest BCUT2D eigenvalue weighted by Gasteiger charge is 2.20. The number of rotatable bonds is 6. The lowest BCUT2D eigenvalue weighted by Gasteiger charge is -2.22. The van der Waals surface area contributed by atoms with Gasteiger partial charge in [0, 0.05) is 48.2 Å². The molecule has 1 N–H and O–H groups in total. The number of halogens is 2. The highest BCUT2D eigenvalue weighted by Crippen LogP contribution is 2.30. The zero-order valence-corrected chi connectivity index (χ0v) is 18.3. The molecule has 1 atom stereocenters. The van der Waals surface area contributed by atoms with Crippen molar-refractivity contribution in [3.63, 3.8) is 0 Å². The molecule has 0 aliphatic heterocycles. The molecule has 32 heavy (non-hydrogen) atoms. The monoisotopic (exact) mass is 438 g/mol. The first-order valence-corrected chi connectivity index (χ1v) is 10.1. The van der Waals surface area contributed by atoms with Crippen LogP contribution in [-0.4, -0.2) is 28.8 Å². The molecule has 0 aliphatic rings. The van der Waals surface area contributed by atoms with Crippen molar-refractivity contribution in [2.75, 3.05) is 11.9 Å². The Morgan fingerprint density at radius 1 is 1.03 bits per heavy atom. The Labute approximate surface area is 185 Å². The van der Waals surface area contributed by atoms with Gasteiger partial charge in [-0.1, -0.05) is 13.8 Å². The van der Waals surface area contributed by atoms with Crippen LogP contribution >= 0.6 is 0 Å². The molecule has 0 aliphatic carbocycles. The van der Waals surface area contributed by atoms with Crippen LogP contribution in [0.25, 0.3) is 11.1 Å². The van der Waals surface area contributed by atoms with Gasteiger partial charge in [0.2, 0.25) is 5.91 Å². The molecule has 0 fully saturated rings. The highest BCUT2D eigenvalue weighted by molar-refractivity contribution is 6.00. The van der Waals surface area contributed by atoms with Crippen LogP contribution in [0, 0.1) is 17.6 Å². The number of benzene rings is 2. The Morgan fingerprint density at radius 2 is 1.78 bits per heavy atom. The molecule has 3 aromatic rings. The number of hydrogen-bond acceptors (Lipinski definition) is 4. The molecule has 6 nitrogen and oxygen atoms in total. The van der Waals surface area contributed by atoms with Crippen LogP contribution in [-0.2, 0) is 4.79 Å². The van der Waals surface area contributed by atoms with E-state index in [0.717, 1.165) is 12.1 Å². The van der Waals surface area contributed by atoms with Crippen molar-refractivity contribution in [3.05, 3.63) is 77.9 Å². The molecular formula is C24H24F2N4O2. The second-order valence-electron chi connectivity index (χ2n) is 7.77. The molecule has 2 aromatic carbocycles. The Morgan fingerprint density at radius 3 is 2.41 bits per heavy atom. The second kappa shape index (κ2) is 9.64. The Hall–Kier alpha value is -3.68. The summed E-state index contributed by atoms with van der Waals surface area (Å²) in [6, 6.07) is 7.46. The van der Waals surface area contributed by atoms with Crippen LogP contribution in [0.15, 0.2) is 55.0 Å². The lowest BCUT2D eigenvalue weighted by Crippen LogP contribution is -2.31. The molecule has 0 spiro atoms. The maximum absolute atomic E-state index is 14.5. The molecule has 1 unspecified atom stereocenters. The fraction of sp³-hybridized carbons (Fsp3) is 0.250. The normalized spacial score (nSPS) is 11.8. The van der Waals surface area contributed by atoms with E-state index in [-0.39, 0.29) is 23.0 Å². The molecule has 0 saturated carbocycles. The minimum atomic E-state index is -0.765. The molecule has 0 saturated heterocycles. The van der Waals surface area contributed by atoms with E-state index in [4.69, 9.17) is 0 Å². The smallest absolute Gasteiger partial charge is 0.251 e. The van der Waals surface area contributed by atoms with Crippen LogP contribution in [0.4, 0.5) is 14.5 Å². The standard InChI is InChI=1S/C24H24F2N4O2/c1-14(2)24(32)30(4)19-10-16(20-6-5-18(25)12-21(20)26)9-17(11-19)23(31)29-15(3)22-13-27-7-8-28-22/h5-15H,1-4H3,(H,29,31). The largest absolute Gasteiger partial charge is 0.344 e. The summed E-state index contributed by atoms with van der Waals surface area (Å²) in [6.07, 6.45) is 4.61. The van der Waals surface area contributed by atoms with Crippen molar-refractivity contribution < 1.29 is 18.4 Å². The van der Waals surface area contributed by atoms with E-state index >= 15 is 0 Å². The molecule has 8 heteroatoms. The van der Waals surface area contributed by atoms with Crippen molar-refractivity contribution in [2.45, 2.75) is 26.8 Å². The van der Waals surface area contributed by atoms with E-state index in [1.54, 1.807) is 46.1 Å². The summed E-state index contributed by atoms with van der Waals surface area (Å²) in [6.45, 7) is 5.29. The van der Waals surface area contributed by atoms with Gasteiger partial charge < -0.3 is 10.2 Å². The number of nitrogens with zero attached hydrogens (tertiary/aromatic N) is 3. The number of nitrogens with one attached hydrogen (secondary N) is 1. The second-order valence-corrected chi connectivity index (χ2v) is 7.77. The number of carbonyl (C=O) groups excluding carboxylic acids is 2. The molecule has 166 valence electrons. The van der Waals surface area contributed by atoms with E-state index < -0.39 is 23.6 Å². The van der Waals surface area contributed by atoms with Gasteiger partial charge in [-0.2, -0.15) is 0 Å². The summed E-state index contributed by atoms with van der Waals surface area (Å²) in [5.41, 5.74) is 1.69. The van der Waals surface area contributed by atoms with E-state index in [9.17, 15) is 18.4 Å². The van der Waals surface area contributed by atoms with Crippen molar-refractivity contribution in [1.29, 1.82) is 0 Å². The molecular weight excluding hydrogens is 414 g/mol. The fourth-order valence-corrected chi connectivity index (χ4v) is 3.22. The third kappa shape index (κ3) is 5.14. The van der Waals surface area contributed by atoms with E-state index in [2.05, 4.69) is 15.3 Å². The first-order chi connectivity index (χ1) is 15.2. The third-order valence-electron chi connectivity index (χ3n) is 5.01. The van der Waals surface area contributed by atoms with Crippen molar-refractivity contribution in [3.8, 4) is 11.1 Å². The predicted octanol–water partition coefficient (Wildman–Crippen LogP) is 4.53. The zero-order chi connectivity index (χ0) is 23.4. The number of anilines is 1. The van der Waals surface area contributed by atoms with Crippen LogP contribution in [0.5, 0.6) is 0 Å². The van der Waals surface area contributed by atoms with Crippen LogP contribution in [0.2, 0.25) is 0 Å². The Bertz CT molecular complexity index is 1140. The topological polar surface area (TPSA) is 75.2 Å². The van der Waals surface area contributed by atoms with Crippen LogP contribution in [0.3, 0.4) is 0 Å². The third-order valence-corrected chi connectivity index (χ3v) is 5.01. The van der Waals surface area contributed by atoms with Crippen molar-refractivity contribution in [1.82, 2.24) is 15.3 Å². The predicted molar refractivity (Wildman–Crippen MR) is 118 cm³/mol. The average Bonchev–Trinajstić information content (AvgIpc) is 2.78. The molecule has 0 radical (unpaired) electrons. The number of carbonyl (C=O) groups is 2. The van der Waals surface area contributed by atoms with Crippen molar-refractivity contribution in [2.24, 2.45) is 5.92 Å². The maximum Gasteiger partial charge on any atom is 0.251 e. The first-order valence-electron chi connectivity index (χ1n) is 10.1. The Balaban J connectivity index is 2.03. The van der Waals surface area contributed by atoms with Gasteiger partial charge in [0.05, 0.1) is 17.9 Å². The van der Waals surface area contributed by atoms with E-state index in [1.807, 2.05) is 0 Å². The van der Waals surface area contributed by atoms with E-state index in [1.165, 1.54) is 29.4 Å². The average molecular weight is 438 g/mol. The summed E-state index contributed by atoms with van der Waals surface area (Å²) in [5.74, 6) is -2.34. The minimum absolute atomic E-state index is 0.120. The van der Waals surface area contributed by atoms with E-state index in [0.29, 0.717) is 16.9 Å². The van der Waals surface area contributed by atoms with Gasteiger partial charge in [-0.05, 0) is 42.8 Å². The lowest BCUT2D eigenvalue weighted by molar-refractivity contribution is -0.121. The number of hydrogen-bond donors (Lipinski definition) is 1. The highest BCUT2D eigenvalue weighted by atomic mass is 19.1. The van der Waals surface area contributed by atoms with Crippen molar-refractivity contribution >= 4 is 17.5 Å². The number of amides is 2. The quantitative estimate of drug-likeness (QED) is 0.614. The fourth-order valence-electron chi connectivity index (χ4n) is 3.22. The summed E-state index contributed by atoms with van der Waals surface area (Å²) < 4.78 is 27.9. The van der Waals surface area contributed by atoms with Gasteiger partial charge in [0.1, 0.15) is 11.6 Å². The SMILES string of the molecule is CC(C)C(=O)N(C)c1cc(C(=O)NC(C)c2cnccn2)cc(-c2ccc(F)cc2F)c1. The molecule has 0 bridgehead atoms. The number of aromatic nitrogens is 2. The van der Waals surface area contributed by atoms with Gasteiger partial charge in [-0.25, -0.2) is 8.78 Å². The minimum Gasteiger partial charge on any atom is -0.344 e. The molecule has 2 amide bonds. The molecule has 3 rings (SSSR count). The molecule has 1 aromatic heterocycles. The van der Waals surface area contributed by atoms with Gasteiger partial charge in [-0.15, -0.1) is 0 Å². The maximum atomic E-state index is 14.5. The summed E-state index contributed by atoms with van der Waals surface area (Å²) >= 11 is 0. The van der Waals surface area contributed by atoms with Gasteiger partial charge in [0.15, 0.2) is 0 Å². The summed E-state index contributed by atoms with van der Waals surface area (Å²) in [5, 5.41) is 2.83. The first kappa shape index (κ1) is 23.0. The summed E-state index contributed by atoms with van der Waals surface area (Å²) in [4.78, 5) is 35.1. The van der Waals surface area contributed by atoms with Gasteiger partial charge in [0.25, 0.3) is 5.91 Å².